The molecule has 0 aromatic rings. The van der Waals surface area contributed by atoms with Crippen LogP contribution in [0, 0.1) is 11.8 Å². The number of rotatable bonds is 9. The molecule has 2 amide bonds. The molecular weight excluding hydrogens is 390 g/mol. The van der Waals surface area contributed by atoms with Crippen molar-refractivity contribution in [2.45, 2.75) is 83.1 Å². The molecule has 0 bridgehead atoms. The summed E-state index contributed by atoms with van der Waals surface area (Å²) in [6.07, 6.45) is 13.6. The molecule has 0 aromatic carbocycles. The van der Waals surface area contributed by atoms with E-state index in [1.807, 2.05) is 0 Å². The Morgan fingerprint density at radius 1 is 0.903 bits per heavy atom. The molecule has 1 atom stereocenters. The van der Waals surface area contributed by atoms with E-state index in [0.717, 1.165) is 96.9 Å². The van der Waals surface area contributed by atoms with Crippen LogP contribution in [-0.4, -0.2) is 85.0 Å². The van der Waals surface area contributed by atoms with E-state index in [2.05, 4.69) is 14.7 Å². The molecule has 176 valence electrons. The molecule has 1 unspecified atom stereocenters. The van der Waals surface area contributed by atoms with E-state index in [1.165, 1.54) is 32.1 Å². The van der Waals surface area contributed by atoms with Crippen LogP contribution < -0.4 is 0 Å². The van der Waals surface area contributed by atoms with Crippen molar-refractivity contribution in [3.8, 4) is 0 Å². The van der Waals surface area contributed by atoms with Gasteiger partial charge in [-0.2, -0.15) is 0 Å². The number of nitrogens with zero attached hydrogens (tertiary/aromatic N) is 3. The van der Waals surface area contributed by atoms with E-state index < -0.39 is 0 Å². The van der Waals surface area contributed by atoms with Crippen molar-refractivity contribution < 1.29 is 14.3 Å². The van der Waals surface area contributed by atoms with Crippen molar-refractivity contribution >= 4 is 11.8 Å². The first-order chi connectivity index (χ1) is 15.2. The third kappa shape index (κ3) is 6.92. The average Bonchev–Trinajstić information content (AvgIpc) is 3.67. The summed E-state index contributed by atoms with van der Waals surface area (Å²) in [4.78, 5) is 32.7. The zero-order chi connectivity index (χ0) is 21.5. The highest BCUT2D eigenvalue weighted by atomic mass is 16.5. The van der Waals surface area contributed by atoms with Gasteiger partial charge >= 0.3 is 0 Å². The normalized spacial score (nSPS) is 26.1. The van der Waals surface area contributed by atoms with Crippen LogP contribution in [0.25, 0.3) is 0 Å². The van der Waals surface area contributed by atoms with E-state index >= 15 is 0 Å². The minimum atomic E-state index is 0.213. The van der Waals surface area contributed by atoms with Crippen LogP contribution in [0.2, 0.25) is 0 Å². The van der Waals surface area contributed by atoms with Crippen LogP contribution in [0.4, 0.5) is 0 Å². The monoisotopic (exact) mass is 433 g/mol. The highest BCUT2D eigenvalue weighted by molar-refractivity contribution is 5.81. The predicted octanol–water partition coefficient (Wildman–Crippen LogP) is 3.30. The van der Waals surface area contributed by atoms with E-state index in [1.54, 1.807) is 0 Å². The van der Waals surface area contributed by atoms with Gasteiger partial charge in [-0.25, -0.2) is 0 Å². The van der Waals surface area contributed by atoms with Gasteiger partial charge in [-0.1, -0.05) is 32.1 Å². The second-order valence-electron chi connectivity index (χ2n) is 10.3. The number of likely N-dealkylation sites (tertiary alicyclic amines) is 1. The maximum atomic E-state index is 13.1. The molecule has 0 aromatic heterocycles. The maximum Gasteiger partial charge on any atom is 0.225 e. The van der Waals surface area contributed by atoms with E-state index in [4.69, 9.17) is 4.74 Å². The lowest BCUT2D eigenvalue weighted by Gasteiger charge is -2.40. The molecule has 4 aliphatic rings. The first-order valence-electron chi connectivity index (χ1n) is 13.1. The second-order valence-corrected chi connectivity index (χ2v) is 10.3. The summed E-state index contributed by atoms with van der Waals surface area (Å²) < 4.78 is 5.45. The Hall–Kier alpha value is -1.14. The number of carbonyl (C=O) groups is 2. The van der Waals surface area contributed by atoms with Gasteiger partial charge < -0.3 is 14.5 Å². The first kappa shape index (κ1) is 23.0. The molecule has 4 fully saturated rings. The summed E-state index contributed by atoms with van der Waals surface area (Å²) in [5, 5.41) is 0. The molecular formula is C25H43N3O3. The van der Waals surface area contributed by atoms with Crippen molar-refractivity contribution in [2.24, 2.45) is 11.8 Å². The van der Waals surface area contributed by atoms with Crippen LogP contribution in [-0.2, 0) is 14.3 Å². The lowest BCUT2D eigenvalue weighted by Crippen LogP contribution is -2.52. The van der Waals surface area contributed by atoms with E-state index in [0.29, 0.717) is 18.2 Å². The summed E-state index contributed by atoms with van der Waals surface area (Å²) >= 11 is 0. The Morgan fingerprint density at radius 3 is 2.42 bits per heavy atom. The molecule has 6 nitrogen and oxygen atoms in total. The summed E-state index contributed by atoms with van der Waals surface area (Å²) in [7, 11) is 0. The minimum absolute atomic E-state index is 0.213. The van der Waals surface area contributed by atoms with Crippen LogP contribution >= 0.6 is 0 Å². The van der Waals surface area contributed by atoms with Crippen molar-refractivity contribution in [1.29, 1.82) is 0 Å². The Bertz CT molecular complexity index is 583. The fourth-order valence-electron chi connectivity index (χ4n) is 5.72. The van der Waals surface area contributed by atoms with Crippen LogP contribution in [0.1, 0.15) is 77.0 Å². The van der Waals surface area contributed by atoms with Crippen molar-refractivity contribution in [3.05, 3.63) is 0 Å². The molecule has 0 N–H and O–H groups in total. The van der Waals surface area contributed by atoms with Gasteiger partial charge in [-0.15, -0.1) is 0 Å². The Morgan fingerprint density at radius 2 is 1.68 bits per heavy atom. The molecule has 2 saturated heterocycles. The van der Waals surface area contributed by atoms with Gasteiger partial charge in [-0.3, -0.25) is 14.5 Å². The second kappa shape index (κ2) is 11.6. The van der Waals surface area contributed by atoms with Gasteiger partial charge in [0.15, 0.2) is 0 Å². The zero-order valence-electron chi connectivity index (χ0n) is 19.4. The lowest BCUT2D eigenvalue weighted by molar-refractivity contribution is -0.141. The van der Waals surface area contributed by atoms with Gasteiger partial charge in [-0.05, 0) is 44.4 Å². The van der Waals surface area contributed by atoms with Crippen molar-refractivity contribution in [1.82, 2.24) is 14.7 Å². The molecule has 4 rings (SSSR count). The summed E-state index contributed by atoms with van der Waals surface area (Å²) in [5.41, 5.74) is 0. The zero-order valence-corrected chi connectivity index (χ0v) is 19.4. The smallest absolute Gasteiger partial charge is 0.225 e. The van der Waals surface area contributed by atoms with Crippen LogP contribution in [0.3, 0.4) is 0 Å². The summed E-state index contributed by atoms with van der Waals surface area (Å²) in [5.74, 6) is 1.68. The molecule has 31 heavy (non-hydrogen) atoms. The maximum absolute atomic E-state index is 13.1. The molecule has 6 heteroatoms. The summed E-state index contributed by atoms with van der Waals surface area (Å²) in [6, 6.07) is 0.213. The van der Waals surface area contributed by atoms with Crippen molar-refractivity contribution in [3.63, 3.8) is 0 Å². The fourth-order valence-corrected chi connectivity index (χ4v) is 5.72. The predicted molar refractivity (Wildman–Crippen MR) is 122 cm³/mol. The molecule has 0 spiro atoms. The Kier molecular flexibility index (Phi) is 8.65. The quantitative estimate of drug-likeness (QED) is 0.560. The van der Waals surface area contributed by atoms with Gasteiger partial charge in [0, 0.05) is 57.6 Å². The third-order valence-corrected chi connectivity index (χ3v) is 7.87. The standard InChI is InChI=1S/C25H43N3O3/c29-24(12-9-21-6-2-1-3-7-21)27-14-4-8-23(20-27)28(25(30)22-10-11-22)15-5-13-26-16-18-31-19-17-26/h21-23H,1-20H2. The third-order valence-electron chi connectivity index (χ3n) is 7.87. The van der Waals surface area contributed by atoms with Gasteiger partial charge in [0.2, 0.25) is 11.8 Å². The lowest BCUT2D eigenvalue weighted by atomic mass is 9.86. The van der Waals surface area contributed by atoms with Crippen LogP contribution in [0.5, 0.6) is 0 Å². The number of morpholine rings is 1. The summed E-state index contributed by atoms with van der Waals surface area (Å²) in [6.45, 7) is 7.15. The molecule has 2 saturated carbocycles. The fraction of sp³-hybridized carbons (Fsp3) is 0.920. The number of piperidine rings is 1. The molecule has 2 aliphatic heterocycles. The van der Waals surface area contributed by atoms with E-state index in [-0.39, 0.29) is 12.0 Å². The van der Waals surface area contributed by atoms with Gasteiger partial charge in [0.1, 0.15) is 0 Å². The Labute approximate surface area is 188 Å². The number of amides is 2. The molecule has 2 heterocycles. The SMILES string of the molecule is O=C(CCC1CCCCC1)N1CCCC(N(CCCN2CCOCC2)C(=O)C2CC2)C1. The number of ether oxygens (including phenoxy) is 1. The van der Waals surface area contributed by atoms with E-state index in [9.17, 15) is 9.59 Å². The number of carbonyl (C=O) groups excluding carboxylic acids is 2. The van der Waals surface area contributed by atoms with Crippen LogP contribution in [0.15, 0.2) is 0 Å². The molecule has 0 radical (unpaired) electrons. The minimum Gasteiger partial charge on any atom is -0.379 e. The largest absolute Gasteiger partial charge is 0.379 e. The number of hydrogen-bond donors (Lipinski definition) is 0. The van der Waals surface area contributed by atoms with Crippen molar-refractivity contribution in [2.75, 3.05) is 52.5 Å². The average molecular weight is 434 g/mol. The topological polar surface area (TPSA) is 53.1 Å². The highest BCUT2D eigenvalue weighted by Crippen LogP contribution is 2.33. The molecule has 2 aliphatic carbocycles. The van der Waals surface area contributed by atoms with Gasteiger partial charge in [0.25, 0.3) is 0 Å². The Balaban J connectivity index is 1.27. The highest BCUT2D eigenvalue weighted by Gasteiger charge is 2.38. The first-order valence-corrected chi connectivity index (χ1v) is 13.1. The number of hydrogen-bond acceptors (Lipinski definition) is 4. The van der Waals surface area contributed by atoms with Gasteiger partial charge in [0.05, 0.1) is 13.2 Å².